The topological polar surface area (TPSA) is 156 Å². The fourth-order valence-electron chi connectivity index (χ4n) is 2.63. The predicted octanol–water partition coefficient (Wildman–Crippen LogP) is 3.36. The number of halogens is 2. The summed E-state index contributed by atoms with van der Waals surface area (Å²) in [5.41, 5.74) is 0.433. The number of aromatic carboxylic acids is 3. The Morgan fingerprint density at radius 2 is 1.38 bits per heavy atom. The van der Waals surface area contributed by atoms with Gasteiger partial charge in [-0.2, -0.15) is 0 Å². The largest absolute Gasteiger partial charge is 0.480 e. The SMILES string of the molecule is CN(C)c1ccc(C(=O)O)cc1C(=O)O.CN(CC(=O)O)c1c(Cl)cc(Cl)cc1C(=O)O. The van der Waals surface area contributed by atoms with Gasteiger partial charge in [0.1, 0.15) is 6.54 Å². The third kappa shape index (κ3) is 7.03. The summed E-state index contributed by atoms with van der Waals surface area (Å²) in [5, 5.41) is 35.6. The molecule has 12 heteroatoms. The van der Waals surface area contributed by atoms with Crippen molar-refractivity contribution in [1.29, 1.82) is 0 Å². The number of aliphatic carboxylic acids is 1. The molecule has 0 aliphatic carbocycles. The monoisotopic (exact) mass is 486 g/mol. The molecule has 0 radical (unpaired) electrons. The molecule has 0 aliphatic rings. The number of rotatable bonds is 7. The van der Waals surface area contributed by atoms with Gasteiger partial charge >= 0.3 is 23.9 Å². The van der Waals surface area contributed by atoms with Crippen molar-refractivity contribution in [3.63, 3.8) is 0 Å². The van der Waals surface area contributed by atoms with Crippen molar-refractivity contribution in [3.8, 4) is 0 Å². The van der Waals surface area contributed by atoms with Crippen molar-refractivity contribution in [2.24, 2.45) is 0 Å². The van der Waals surface area contributed by atoms with E-state index in [1.54, 1.807) is 19.0 Å². The van der Waals surface area contributed by atoms with E-state index in [0.717, 1.165) is 6.07 Å². The molecule has 10 nitrogen and oxygen atoms in total. The maximum Gasteiger partial charge on any atom is 0.337 e. The van der Waals surface area contributed by atoms with Crippen molar-refractivity contribution in [1.82, 2.24) is 0 Å². The Bertz CT molecular complexity index is 1060. The summed E-state index contributed by atoms with van der Waals surface area (Å²) in [7, 11) is 4.83. The number of benzene rings is 2. The van der Waals surface area contributed by atoms with Crippen molar-refractivity contribution in [3.05, 3.63) is 57.1 Å². The van der Waals surface area contributed by atoms with Crippen LogP contribution in [-0.2, 0) is 4.79 Å². The lowest BCUT2D eigenvalue weighted by Gasteiger charge is -2.20. The summed E-state index contributed by atoms with van der Waals surface area (Å²) in [4.78, 5) is 46.0. The molecular formula is C20H20Cl2N2O8. The van der Waals surface area contributed by atoms with Crippen molar-refractivity contribution >= 4 is 58.5 Å². The fourth-order valence-corrected chi connectivity index (χ4v) is 3.27. The summed E-state index contributed by atoms with van der Waals surface area (Å²) < 4.78 is 0. The zero-order valence-electron chi connectivity index (χ0n) is 17.2. The van der Waals surface area contributed by atoms with Crippen LogP contribution in [0.15, 0.2) is 30.3 Å². The zero-order valence-corrected chi connectivity index (χ0v) is 18.7. The van der Waals surface area contributed by atoms with Gasteiger partial charge in [-0.3, -0.25) is 4.79 Å². The Morgan fingerprint density at radius 3 is 1.81 bits per heavy atom. The number of carbonyl (C=O) groups is 4. The van der Waals surface area contributed by atoms with Crippen LogP contribution in [-0.4, -0.2) is 72.0 Å². The minimum atomic E-state index is -1.22. The Balaban J connectivity index is 0.000000323. The van der Waals surface area contributed by atoms with E-state index >= 15 is 0 Å². The highest BCUT2D eigenvalue weighted by Crippen LogP contribution is 2.32. The molecule has 0 heterocycles. The first-order chi connectivity index (χ1) is 14.8. The van der Waals surface area contributed by atoms with Gasteiger partial charge in [0.05, 0.1) is 33.1 Å². The molecular weight excluding hydrogens is 467 g/mol. The molecule has 0 spiro atoms. The van der Waals surface area contributed by atoms with E-state index in [2.05, 4.69) is 0 Å². The molecule has 32 heavy (non-hydrogen) atoms. The molecule has 0 aromatic heterocycles. The highest BCUT2D eigenvalue weighted by atomic mass is 35.5. The first-order valence-corrected chi connectivity index (χ1v) is 9.45. The van der Waals surface area contributed by atoms with Crippen LogP contribution in [0.4, 0.5) is 11.4 Å². The minimum absolute atomic E-state index is 0.0140. The van der Waals surface area contributed by atoms with Gasteiger partial charge in [-0.05, 0) is 30.3 Å². The van der Waals surface area contributed by atoms with Gasteiger partial charge in [0.2, 0.25) is 0 Å². The molecule has 172 valence electrons. The summed E-state index contributed by atoms with van der Waals surface area (Å²) >= 11 is 11.6. The van der Waals surface area contributed by atoms with Gasteiger partial charge < -0.3 is 30.2 Å². The van der Waals surface area contributed by atoms with Crippen LogP contribution in [0.1, 0.15) is 31.1 Å². The molecule has 0 unspecified atom stereocenters. The van der Waals surface area contributed by atoms with Gasteiger partial charge in [0.25, 0.3) is 0 Å². The highest BCUT2D eigenvalue weighted by molar-refractivity contribution is 6.37. The number of anilines is 2. The Morgan fingerprint density at radius 1 is 0.812 bits per heavy atom. The molecule has 0 saturated carbocycles. The number of hydrogen-bond donors (Lipinski definition) is 4. The van der Waals surface area contributed by atoms with Crippen LogP contribution in [0.2, 0.25) is 10.0 Å². The van der Waals surface area contributed by atoms with E-state index in [9.17, 15) is 19.2 Å². The second-order valence-corrected chi connectivity index (χ2v) is 7.42. The zero-order chi connectivity index (χ0) is 24.7. The summed E-state index contributed by atoms with van der Waals surface area (Å²) in [6.07, 6.45) is 0. The van der Waals surface area contributed by atoms with E-state index in [1.807, 2.05) is 0 Å². The van der Waals surface area contributed by atoms with E-state index in [4.69, 9.17) is 43.6 Å². The molecule has 0 aliphatic heterocycles. The lowest BCUT2D eigenvalue weighted by Crippen LogP contribution is -2.27. The third-order valence-electron chi connectivity index (χ3n) is 3.97. The van der Waals surface area contributed by atoms with Gasteiger partial charge in [-0.25, -0.2) is 14.4 Å². The number of hydrogen-bond acceptors (Lipinski definition) is 6. The molecule has 0 bridgehead atoms. The summed E-state index contributed by atoms with van der Waals surface area (Å²) in [6, 6.07) is 6.60. The lowest BCUT2D eigenvalue weighted by atomic mass is 10.1. The number of likely N-dealkylation sites (N-methyl/N-ethyl adjacent to an activating group) is 1. The van der Waals surface area contributed by atoms with Gasteiger partial charge in [-0.15, -0.1) is 0 Å². The molecule has 2 aromatic rings. The first-order valence-electron chi connectivity index (χ1n) is 8.69. The van der Waals surface area contributed by atoms with Crippen LogP contribution in [0.5, 0.6) is 0 Å². The van der Waals surface area contributed by atoms with E-state index in [1.165, 1.54) is 36.2 Å². The number of carboxylic acids is 4. The summed E-state index contributed by atoms with van der Waals surface area (Å²) in [5.74, 6) is -4.58. The van der Waals surface area contributed by atoms with Crippen molar-refractivity contribution < 1.29 is 39.6 Å². The molecule has 4 N–H and O–H groups in total. The molecule has 0 atom stereocenters. The standard InChI is InChI=1S/C10H9Cl2NO4.C10H11NO4/c1-13(4-8(14)15)9-6(10(16)17)2-5(11)3-7(9)12;1-11(2)8-4-3-6(9(12)13)5-7(8)10(14)15/h2-3H,4H2,1H3,(H,14,15)(H,16,17);3-5H,1-2H3,(H,12,13)(H,14,15). The van der Waals surface area contributed by atoms with Crippen LogP contribution in [0.25, 0.3) is 0 Å². The first kappa shape index (κ1) is 26.5. The molecule has 2 aromatic carbocycles. The molecule has 0 amide bonds. The Hall–Kier alpha value is -3.50. The smallest absolute Gasteiger partial charge is 0.337 e. The number of nitrogens with zero attached hydrogens (tertiary/aromatic N) is 2. The Kier molecular flexibility index (Phi) is 9.30. The van der Waals surface area contributed by atoms with Gasteiger partial charge in [0, 0.05) is 26.2 Å². The van der Waals surface area contributed by atoms with Gasteiger partial charge in [0.15, 0.2) is 0 Å². The Labute approximate surface area is 192 Å². The number of carboxylic acid groups (broad SMARTS) is 4. The highest BCUT2D eigenvalue weighted by Gasteiger charge is 2.19. The van der Waals surface area contributed by atoms with Crippen molar-refractivity contribution in [2.75, 3.05) is 37.5 Å². The van der Waals surface area contributed by atoms with Crippen LogP contribution < -0.4 is 9.80 Å². The lowest BCUT2D eigenvalue weighted by molar-refractivity contribution is -0.135. The molecule has 2 rings (SSSR count). The summed E-state index contributed by atoms with van der Waals surface area (Å²) in [6.45, 7) is -0.359. The average Bonchev–Trinajstić information content (AvgIpc) is 2.66. The quantitative estimate of drug-likeness (QED) is 0.457. The van der Waals surface area contributed by atoms with E-state index in [0.29, 0.717) is 5.69 Å². The van der Waals surface area contributed by atoms with Crippen LogP contribution in [0.3, 0.4) is 0 Å². The normalized spacial score (nSPS) is 9.91. The third-order valence-corrected chi connectivity index (χ3v) is 4.47. The maximum absolute atomic E-state index is 11.0. The predicted molar refractivity (Wildman–Crippen MR) is 119 cm³/mol. The van der Waals surface area contributed by atoms with Crippen LogP contribution in [0, 0.1) is 0 Å². The molecule has 0 fully saturated rings. The van der Waals surface area contributed by atoms with Crippen LogP contribution >= 0.6 is 23.2 Å². The second kappa shape index (κ2) is 11.2. The second-order valence-electron chi connectivity index (χ2n) is 6.58. The average molecular weight is 487 g/mol. The van der Waals surface area contributed by atoms with Gasteiger partial charge in [-0.1, -0.05) is 23.2 Å². The fraction of sp³-hybridized carbons (Fsp3) is 0.200. The molecule has 0 saturated heterocycles. The van der Waals surface area contributed by atoms with E-state index < -0.39 is 23.9 Å². The van der Waals surface area contributed by atoms with Crippen molar-refractivity contribution in [2.45, 2.75) is 0 Å². The van der Waals surface area contributed by atoms with E-state index in [-0.39, 0.29) is 39.0 Å². The minimum Gasteiger partial charge on any atom is -0.480 e. The maximum atomic E-state index is 11.0.